The van der Waals surface area contributed by atoms with E-state index in [1.165, 1.54) is 44.5 Å². The average Bonchev–Trinajstić information content (AvgIpc) is 2.99. The zero-order valence-corrected chi connectivity index (χ0v) is 16.8. The van der Waals surface area contributed by atoms with E-state index in [0.29, 0.717) is 5.92 Å². The van der Waals surface area contributed by atoms with Crippen molar-refractivity contribution in [2.45, 2.75) is 25.2 Å². The van der Waals surface area contributed by atoms with Crippen molar-refractivity contribution in [1.82, 2.24) is 0 Å². The lowest BCUT2D eigenvalue weighted by molar-refractivity contribution is 0.473. The van der Waals surface area contributed by atoms with E-state index in [1.807, 2.05) is 6.07 Å². The number of furan rings is 1. The molecule has 25 heavy (non-hydrogen) atoms. The Kier molecular flexibility index (Phi) is 4.59. The van der Waals surface area contributed by atoms with E-state index in [1.54, 1.807) is 0 Å². The van der Waals surface area contributed by atoms with Gasteiger partial charge in [-0.25, -0.2) is 0 Å². The first-order valence-electron chi connectivity index (χ1n) is 8.79. The quantitative estimate of drug-likeness (QED) is 0.456. The van der Waals surface area contributed by atoms with E-state index in [0.717, 1.165) is 12.2 Å². The van der Waals surface area contributed by atoms with E-state index < -0.39 is 0 Å². The van der Waals surface area contributed by atoms with Gasteiger partial charge in [0.25, 0.3) is 0 Å². The van der Waals surface area contributed by atoms with Gasteiger partial charge in [0.1, 0.15) is 11.5 Å². The molecule has 3 aromatic rings. The van der Waals surface area contributed by atoms with Crippen molar-refractivity contribution in [3.63, 3.8) is 0 Å². The molecule has 0 bridgehead atoms. The maximum absolute atomic E-state index is 6.32. The summed E-state index contributed by atoms with van der Waals surface area (Å²) in [4.78, 5) is 2.14. The standard InChI is InChI=1S/C22H22INO/c1-24(2)17-13-11-15(12-14-17)18-9-6-10-19-20(18)21(23)22(25-19)16-7-4-3-5-8-16/h3-5,7-8,11-14,18H,6,9-10H2,1-2H3. The molecule has 0 radical (unpaired) electrons. The number of anilines is 1. The van der Waals surface area contributed by atoms with Crippen molar-refractivity contribution in [3.05, 3.63) is 75.1 Å². The molecule has 0 saturated heterocycles. The second kappa shape index (κ2) is 6.87. The Morgan fingerprint density at radius 1 is 1.00 bits per heavy atom. The Labute approximate surface area is 163 Å². The summed E-state index contributed by atoms with van der Waals surface area (Å²) in [6.07, 6.45) is 3.42. The molecule has 0 amide bonds. The zero-order chi connectivity index (χ0) is 17.4. The van der Waals surface area contributed by atoms with E-state index in [2.05, 4.69) is 90.1 Å². The van der Waals surface area contributed by atoms with Gasteiger partial charge in [-0.1, -0.05) is 42.5 Å². The second-order valence-corrected chi connectivity index (χ2v) is 7.96. The summed E-state index contributed by atoms with van der Waals surface area (Å²) < 4.78 is 7.60. The molecular formula is C22H22INO. The molecule has 1 atom stereocenters. The van der Waals surface area contributed by atoms with E-state index in [4.69, 9.17) is 4.42 Å². The minimum atomic E-state index is 0.438. The van der Waals surface area contributed by atoms with Gasteiger partial charge in [-0.15, -0.1) is 0 Å². The van der Waals surface area contributed by atoms with Crippen LogP contribution >= 0.6 is 22.6 Å². The smallest absolute Gasteiger partial charge is 0.147 e. The zero-order valence-electron chi connectivity index (χ0n) is 14.6. The highest BCUT2D eigenvalue weighted by Gasteiger charge is 2.30. The van der Waals surface area contributed by atoms with Crippen LogP contribution in [0.2, 0.25) is 0 Å². The summed E-state index contributed by atoms with van der Waals surface area (Å²) in [7, 11) is 4.16. The normalized spacial score (nSPS) is 16.5. The number of halogens is 1. The van der Waals surface area contributed by atoms with Gasteiger partial charge in [-0.05, 0) is 53.1 Å². The SMILES string of the molecule is CN(C)c1ccc(C2CCCc3oc(-c4ccccc4)c(I)c32)cc1. The van der Waals surface area contributed by atoms with Crippen LogP contribution in [0.1, 0.15) is 35.6 Å². The summed E-state index contributed by atoms with van der Waals surface area (Å²) in [5, 5.41) is 0. The molecule has 0 saturated carbocycles. The van der Waals surface area contributed by atoms with Gasteiger partial charge < -0.3 is 9.32 Å². The number of nitrogens with zero attached hydrogens (tertiary/aromatic N) is 1. The first kappa shape index (κ1) is 16.7. The second-order valence-electron chi connectivity index (χ2n) is 6.88. The van der Waals surface area contributed by atoms with Gasteiger partial charge in [0.15, 0.2) is 0 Å². The van der Waals surface area contributed by atoms with Gasteiger partial charge in [0.05, 0.1) is 3.57 Å². The minimum Gasteiger partial charge on any atom is -0.460 e. The molecule has 1 aliphatic rings. The number of aryl methyl sites for hydroxylation is 1. The van der Waals surface area contributed by atoms with Crippen molar-refractivity contribution < 1.29 is 4.42 Å². The summed E-state index contributed by atoms with van der Waals surface area (Å²) >= 11 is 2.48. The highest BCUT2D eigenvalue weighted by atomic mass is 127. The molecule has 0 fully saturated rings. The number of hydrogen-bond donors (Lipinski definition) is 0. The molecule has 0 aliphatic heterocycles. The lowest BCUT2D eigenvalue weighted by Crippen LogP contribution is -2.11. The van der Waals surface area contributed by atoms with Crippen LogP contribution < -0.4 is 4.90 Å². The van der Waals surface area contributed by atoms with Crippen molar-refractivity contribution >= 4 is 28.3 Å². The third kappa shape index (κ3) is 3.10. The van der Waals surface area contributed by atoms with Crippen molar-refractivity contribution in [1.29, 1.82) is 0 Å². The molecule has 2 aromatic carbocycles. The van der Waals surface area contributed by atoms with E-state index >= 15 is 0 Å². The van der Waals surface area contributed by atoms with Crippen molar-refractivity contribution in [2.75, 3.05) is 19.0 Å². The predicted molar refractivity (Wildman–Crippen MR) is 112 cm³/mol. The van der Waals surface area contributed by atoms with Crippen molar-refractivity contribution in [3.8, 4) is 11.3 Å². The van der Waals surface area contributed by atoms with Gasteiger partial charge in [-0.3, -0.25) is 0 Å². The van der Waals surface area contributed by atoms with Gasteiger partial charge >= 0.3 is 0 Å². The highest BCUT2D eigenvalue weighted by Crippen LogP contribution is 2.44. The summed E-state index contributed by atoms with van der Waals surface area (Å²) in [6.45, 7) is 0. The molecule has 0 spiro atoms. The molecule has 128 valence electrons. The fraction of sp³-hybridized carbons (Fsp3) is 0.273. The lowest BCUT2D eigenvalue weighted by atomic mass is 9.82. The molecule has 4 rings (SSSR count). The monoisotopic (exact) mass is 443 g/mol. The van der Waals surface area contributed by atoms with Crippen LogP contribution in [0.15, 0.2) is 59.0 Å². The molecule has 1 aromatic heterocycles. The van der Waals surface area contributed by atoms with E-state index in [-0.39, 0.29) is 0 Å². The maximum atomic E-state index is 6.32. The van der Waals surface area contributed by atoms with Crippen LogP contribution in [0.25, 0.3) is 11.3 Å². The van der Waals surface area contributed by atoms with Crippen LogP contribution in [-0.4, -0.2) is 14.1 Å². The fourth-order valence-corrected chi connectivity index (χ4v) is 4.82. The Bertz CT molecular complexity index is 865. The first-order valence-corrected chi connectivity index (χ1v) is 9.87. The Morgan fingerprint density at radius 2 is 1.72 bits per heavy atom. The Hall–Kier alpha value is -1.75. The van der Waals surface area contributed by atoms with Crippen LogP contribution in [0.3, 0.4) is 0 Å². The third-order valence-corrected chi connectivity index (χ3v) is 6.13. The fourth-order valence-electron chi connectivity index (χ4n) is 3.73. The largest absolute Gasteiger partial charge is 0.460 e. The average molecular weight is 443 g/mol. The topological polar surface area (TPSA) is 16.4 Å². The van der Waals surface area contributed by atoms with Crippen LogP contribution in [0, 0.1) is 3.57 Å². The van der Waals surface area contributed by atoms with Crippen LogP contribution in [-0.2, 0) is 6.42 Å². The molecule has 1 heterocycles. The first-order chi connectivity index (χ1) is 12.1. The van der Waals surface area contributed by atoms with Gasteiger partial charge in [-0.2, -0.15) is 0 Å². The van der Waals surface area contributed by atoms with Gasteiger partial charge in [0.2, 0.25) is 0 Å². The molecule has 3 heteroatoms. The predicted octanol–water partition coefficient (Wildman–Crippen LogP) is 6.09. The van der Waals surface area contributed by atoms with Crippen LogP contribution in [0.5, 0.6) is 0 Å². The molecule has 2 nitrogen and oxygen atoms in total. The number of benzene rings is 2. The van der Waals surface area contributed by atoms with E-state index in [9.17, 15) is 0 Å². The Balaban J connectivity index is 1.76. The third-order valence-electron chi connectivity index (χ3n) is 5.05. The summed E-state index contributed by atoms with van der Waals surface area (Å²) in [6, 6.07) is 19.5. The lowest BCUT2D eigenvalue weighted by Gasteiger charge is -2.23. The number of fused-ring (bicyclic) bond motifs is 1. The molecule has 0 N–H and O–H groups in total. The highest BCUT2D eigenvalue weighted by molar-refractivity contribution is 14.1. The summed E-state index contributed by atoms with van der Waals surface area (Å²) in [5.41, 5.74) is 5.21. The Morgan fingerprint density at radius 3 is 2.40 bits per heavy atom. The van der Waals surface area contributed by atoms with Crippen LogP contribution in [0.4, 0.5) is 5.69 Å². The minimum absolute atomic E-state index is 0.438. The number of hydrogen-bond acceptors (Lipinski definition) is 2. The van der Waals surface area contributed by atoms with Crippen molar-refractivity contribution in [2.24, 2.45) is 0 Å². The molecular weight excluding hydrogens is 421 g/mol. The van der Waals surface area contributed by atoms with Gasteiger partial charge in [0, 0.05) is 43.2 Å². The number of rotatable bonds is 3. The summed E-state index contributed by atoms with van der Waals surface area (Å²) in [5.74, 6) is 2.65. The maximum Gasteiger partial charge on any atom is 0.147 e. The molecule has 1 aliphatic carbocycles. The molecule has 1 unspecified atom stereocenters.